The molecule has 1 aromatic heterocycles. The molecule has 1 amide bonds. The summed E-state index contributed by atoms with van der Waals surface area (Å²) in [6, 6.07) is 0. The lowest BCUT2D eigenvalue weighted by Crippen LogP contribution is -2.27. The minimum Gasteiger partial charge on any atom is -0.396 e. The fourth-order valence-electron chi connectivity index (χ4n) is 2.23. The number of amides is 1. The predicted molar refractivity (Wildman–Crippen MR) is 70.2 cm³/mol. The zero-order valence-corrected chi connectivity index (χ0v) is 10.6. The van der Waals surface area contributed by atoms with Gasteiger partial charge in [0.1, 0.15) is 5.69 Å². The van der Waals surface area contributed by atoms with Gasteiger partial charge in [-0.25, -0.2) is 0 Å². The molecule has 1 aliphatic heterocycles. The van der Waals surface area contributed by atoms with Gasteiger partial charge in [0.05, 0.1) is 11.9 Å². The normalized spacial score (nSPS) is 16.0. The molecular formula is C12H21N5O. The summed E-state index contributed by atoms with van der Waals surface area (Å²) in [5.41, 5.74) is 6.34. The Labute approximate surface area is 107 Å². The summed E-state index contributed by atoms with van der Waals surface area (Å²) < 4.78 is 0. The van der Waals surface area contributed by atoms with Crippen molar-refractivity contribution in [1.82, 2.24) is 20.4 Å². The van der Waals surface area contributed by atoms with E-state index in [1.165, 1.54) is 32.1 Å². The first-order valence-corrected chi connectivity index (χ1v) is 6.57. The standard InChI is InChI=1S/C12H21N5O/c13-10-9-15-16-11(10)12(18)14-5-1-2-6-17-7-3-4-8-17/h9H,1-8,13H2,(H,14,18)(H,15,16). The Morgan fingerprint density at radius 3 is 2.89 bits per heavy atom. The molecule has 18 heavy (non-hydrogen) atoms. The second kappa shape index (κ2) is 6.39. The molecule has 6 nitrogen and oxygen atoms in total. The van der Waals surface area contributed by atoms with Crippen molar-refractivity contribution in [3.05, 3.63) is 11.9 Å². The van der Waals surface area contributed by atoms with E-state index in [0.717, 1.165) is 19.4 Å². The average molecular weight is 251 g/mol. The van der Waals surface area contributed by atoms with Crippen LogP contribution in [0.15, 0.2) is 6.20 Å². The fraction of sp³-hybridized carbons (Fsp3) is 0.667. The van der Waals surface area contributed by atoms with Crippen LogP contribution in [0.1, 0.15) is 36.2 Å². The average Bonchev–Trinajstić information content (AvgIpc) is 2.99. The van der Waals surface area contributed by atoms with Gasteiger partial charge in [-0.05, 0) is 45.3 Å². The Bertz CT molecular complexity index is 384. The maximum absolute atomic E-state index is 11.7. The van der Waals surface area contributed by atoms with Crippen molar-refractivity contribution in [2.24, 2.45) is 0 Å². The highest BCUT2D eigenvalue weighted by Gasteiger charge is 2.12. The van der Waals surface area contributed by atoms with Crippen LogP contribution < -0.4 is 11.1 Å². The number of anilines is 1. The molecule has 0 spiro atoms. The minimum atomic E-state index is -0.175. The molecule has 2 rings (SSSR count). The van der Waals surface area contributed by atoms with Gasteiger partial charge in [0.25, 0.3) is 5.91 Å². The van der Waals surface area contributed by atoms with Crippen LogP contribution in [-0.4, -0.2) is 47.2 Å². The topological polar surface area (TPSA) is 87.0 Å². The summed E-state index contributed by atoms with van der Waals surface area (Å²) >= 11 is 0. The summed E-state index contributed by atoms with van der Waals surface area (Å²) in [5, 5.41) is 9.16. The largest absolute Gasteiger partial charge is 0.396 e. The lowest BCUT2D eigenvalue weighted by molar-refractivity contribution is 0.0948. The van der Waals surface area contributed by atoms with Crippen molar-refractivity contribution in [3.8, 4) is 0 Å². The van der Waals surface area contributed by atoms with E-state index in [0.29, 0.717) is 17.9 Å². The number of H-pyrrole nitrogens is 1. The minimum absolute atomic E-state index is 0.175. The second-order valence-electron chi connectivity index (χ2n) is 4.71. The number of nitrogens with two attached hydrogens (primary N) is 1. The van der Waals surface area contributed by atoms with Crippen molar-refractivity contribution in [2.45, 2.75) is 25.7 Å². The van der Waals surface area contributed by atoms with E-state index < -0.39 is 0 Å². The van der Waals surface area contributed by atoms with Gasteiger partial charge in [0.15, 0.2) is 0 Å². The number of hydrogen-bond acceptors (Lipinski definition) is 4. The van der Waals surface area contributed by atoms with E-state index in [9.17, 15) is 4.79 Å². The van der Waals surface area contributed by atoms with Crippen LogP contribution in [0.3, 0.4) is 0 Å². The lowest BCUT2D eigenvalue weighted by Gasteiger charge is -2.13. The quantitative estimate of drug-likeness (QED) is 0.646. The molecule has 100 valence electrons. The molecule has 0 bridgehead atoms. The Morgan fingerprint density at radius 2 is 2.22 bits per heavy atom. The van der Waals surface area contributed by atoms with Crippen LogP contribution in [0, 0.1) is 0 Å². The van der Waals surface area contributed by atoms with Gasteiger partial charge >= 0.3 is 0 Å². The SMILES string of the molecule is Nc1cn[nH]c1C(=O)NCCCCN1CCCC1. The maximum atomic E-state index is 11.7. The van der Waals surface area contributed by atoms with E-state index >= 15 is 0 Å². The predicted octanol–water partition coefficient (Wildman–Crippen LogP) is 0.598. The van der Waals surface area contributed by atoms with Crippen molar-refractivity contribution in [1.29, 1.82) is 0 Å². The molecule has 0 unspecified atom stereocenters. The molecule has 0 radical (unpaired) electrons. The highest BCUT2D eigenvalue weighted by atomic mass is 16.1. The number of unbranched alkanes of at least 4 members (excludes halogenated alkanes) is 1. The first kappa shape index (κ1) is 12.9. The monoisotopic (exact) mass is 251 g/mol. The van der Waals surface area contributed by atoms with E-state index in [2.05, 4.69) is 20.4 Å². The van der Waals surface area contributed by atoms with Crippen LogP contribution in [0.5, 0.6) is 0 Å². The molecule has 6 heteroatoms. The summed E-state index contributed by atoms with van der Waals surface area (Å²) in [5.74, 6) is -0.175. The van der Waals surface area contributed by atoms with Crippen molar-refractivity contribution >= 4 is 11.6 Å². The highest BCUT2D eigenvalue weighted by molar-refractivity contribution is 5.96. The van der Waals surface area contributed by atoms with E-state index in [-0.39, 0.29) is 5.91 Å². The van der Waals surface area contributed by atoms with Crippen LogP contribution in [0.2, 0.25) is 0 Å². The Hall–Kier alpha value is -1.56. The number of hydrogen-bond donors (Lipinski definition) is 3. The molecule has 1 aliphatic rings. The van der Waals surface area contributed by atoms with E-state index in [1.807, 2.05) is 0 Å². The number of aromatic nitrogens is 2. The van der Waals surface area contributed by atoms with Gasteiger partial charge < -0.3 is 16.0 Å². The summed E-state index contributed by atoms with van der Waals surface area (Å²) in [6.45, 7) is 4.29. The molecule has 2 heterocycles. The zero-order chi connectivity index (χ0) is 12.8. The molecule has 1 aromatic rings. The number of nitrogens with zero attached hydrogens (tertiary/aromatic N) is 2. The number of likely N-dealkylation sites (tertiary alicyclic amines) is 1. The third kappa shape index (κ3) is 3.46. The Kier molecular flexibility index (Phi) is 4.58. The van der Waals surface area contributed by atoms with Gasteiger partial charge in [0, 0.05) is 6.54 Å². The van der Waals surface area contributed by atoms with Crippen LogP contribution in [-0.2, 0) is 0 Å². The third-order valence-electron chi connectivity index (χ3n) is 3.28. The van der Waals surface area contributed by atoms with Crippen LogP contribution in [0.4, 0.5) is 5.69 Å². The first-order valence-electron chi connectivity index (χ1n) is 6.57. The summed E-state index contributed by atoms with van der Waals surface area (Å²) in [4.78, 5) is 14.2. The molecule has 0 aromatic carbocycles. The molecule has 0 atom stereocenters. The maximum Gasteiger partial charge on any atom is 0.271 e. The van der Waals surface area contributed by atoms with Gasteiger partial charge in [-0.3, -0.25) is 9.89 Å². The van der Waals surface area contributed by atoms with E-state index in [4.69, 9.17) is 5.73 Å². The molecule has 4 N–H and O–H groups in total. The number of carbonyl (C=O) groups is 1. The number of nitrogen functional groups attached to an aromatic ring is 1. The van der Waals surface area contributed by atoms with Crippen molar-refractivity contribution in [2.75, 3.05) is 31.9 Å². The van der Waals surface area contributed by atoms with Crippen LogP contribution in [0.25, 0.3) is 0 Å². The lowest BCUT2D eigenvalue weighted by atomic mass is 10.3. The Morgan fingerprint density at radius 1 is 1.44 bits per heavy atom. The highest BCUT2D eigenvalue weighted by Crippen LogP contribution is 2.08. The number of rotatable bonds is 6. The van der Waals surface area contributed by atoms with Crippen LogP contribution >= 0.6 is 0 Å². The third-order valence-corrected chi connectivity index (χ3v) is 3.28. The van der Waals surface area contributed by atoms with Gasteiger partial charge in [-0.1, -0.05) is 0 Å². The first-order chi connectivity index (χ1) is 8.77. The summed E-state index contributed by atoms with van der Waals surface area (Å²) in [6.07, 6.45) is 6.23. The fourth-order valence-corrected chi connectivity index (χ4v) is 2.23. The number of nitrogens with one attached hydrogen (secondary N) is 2. The molecule has 0 aliphatic carbocycles. The Balaban J connectivity index is 1.58. The van der Waals surface area contributed by atoms with Gasteiger partial charge in [-0.2, -0.15) is 5.10 Å². The molecule has 0 saturated carbocycles. The molecule has 1 fully saturated rings. The summed E-state index contributed by atoms with van der Waals surface area (Å²) in [7, 11) is 0. The zero-order valence-electron chi connectivity index (χ0n) is 10.6. The van der Waals surface area contributed by atoms with Crippen molar-refractivity contribution < 1.29 is 4.79 Å². The number of aromatic amines is 1. The van der Waals surface area contributed by atoms with Gasteiger partial charge in [-0.15, -0.1) is 0 Å². The van der Waals surface area contributed by atoms with Crippen molar-refractivity contribution in [3.63, 3.8) is 0 Å². The van der Waals surface area contributed by atoms with E-state index in [1.54, 1.807) is 0 Å². The molecular weight excluding hydrogens is 230 g/mol. The molecule has 1 saturated heterocycles. The second-order valence-corrected chi connectivity index (χ2v) is 4.71. The van der Waals surface area contributed by atoms with Gasteiger partial charge in [0.2, 0.25) is 0 Å². The smallest absolute Gasteiger partial charge is 0.271 e. The number of carbonyl (C=O) groups excluding carboxylic acids is 1.